The molecule has 2 aliphatic rings. The number of rotatable bonds is 5. The summed E-state index contributed by atoms with van der Waals surface area (Å²) >= 11 is 5.96. The van der Waals surface area contributed by atoms with Crippen LogP contribution in [0.2, 0.25) is 5.02 Å². The largest absolute Gasteiger partial charge is 0.426 e. The van der Waals surface area contributed by atoms with Gasteiger partial charge in [-0.3, -0.25) is 9.59 Å². The summed E-state index contributed by atoms with van der Waals surface area (Å²) in [6.07, 6.45) is 3.94. The number of esters is 1. The highest BCUT2D eigenvalue weighted by molar-refractivity contribution is 6.30. The zero-order chi connectivity index (χ0) is 18.8. The van der Waals surface area contributed by atoms with E-state index in [1.54, 1.807) is 6.07 Å². The highest BCUT2D eigenvalue weighted by atomic mass is 35.5. The van der Waals surface area contributed by atoms with Crippen molar-refractivity contribution < 1.29 is 14.3 Å². The van der Waals surface area contributed by atoms with Crippen molar-refractivity contribution in [3.05, 3.63) is 58.6 Å². The molecular formula is C22H22ClNO3. The van der Waals surface area contributed by atoms with Gasteiger partial charge < -0.3 is 9.64 Å². The molecule has 5 heteroatoms. The lowest BCUT2D eigenvalue weighted by molar-refractivity contribution is -0.131. The number of halogens is 1. The van der Waals surface area contributed by atoms with Crippen LogP contribution in [0.25, 0.3) is 0 Å². The summed E-state index contributed by atoms with van der Waals surface area (Å²) in [7, 11) is 0. The topological polar surface area (TPSA) is 46.6 Å². The number of nitrogens with zero attached hydrogens (tertiary/aromatic N) is 1. The maximum atomic E-state index is 12.5. The van der Waals surface area contributed by atoms with E-state index in [1.807, 2.05) is 24.3 Å². The van der Waals surface area contributed by atoms with Gasteiger partial charge in [0, 0.05) is 41.3 Å². The lowest BCUT2D eigenvalue weighted by Gasteiger charge is -2.33. The van der Waals surface area contributed by atoms with Crippen LogP contribution >= 0.6 is 11.6 Å². The van der Waals surface area contributed by atoms with Crippen molar-refractivity contribution in [2.45, 2.75) is 32.1 Å². The fraction of sp³-hybridized carbons (Fsp3) is 0.364. The first kappa shape index (κ1) is 18.1. The Bertz CT molecular complexity index is 854. The van der Waals surface area contributed by atoms with Crippen LogP contribution in [-0.4, -0.2) is 24.8 Å². The van der Waals surface area contributed by atoms with Crippen molar-refractivity contribution in [2.24, 2.45) is 5.92 Å². The molecule has 2 heterocycles. The van der Waals surface area contributed by atoms with Gasteiger partial charge in [0.25, 0.3) is 0 Å². The van der Waals surface area contributed by atoms with Gasteiger partial charge in [-0.15, -0.1) is 0 Å². The fourth-order valence-corrected chi connectivity index (χ4v) is 4.02. The molecule has 4 nitrogen and oxygen atoms in total. The van der Waals surface area contributed by atoms with E-state index >= 15 is 0 Å². The number of anilines is 1. The Hall–Kier alpha value is -2.33. The SMILES string of the molecule is O=C1Cc2ccc(C(=O)CCC3CCN(c4ccc(Cl)cc4)CC3)cc2O1. The molecule has 0 saturated carbocycles. The molecule has 4 rings (SSSR count). The van der Waals surface area contributed by atoms with Crippen LogP contribution in [0.3, 0.4) is 0 Å². The van der Waals surface area contributed by atoms with Crippen molar-refractivity contribution in [1.82, 2.24) is 0 Å². The third kappa shape index (κ3) is 4.16. The number of carbonyl (C=O) groups is 2. The van der Waals surface area contributed by atoms with Gasteiger partial charge in [0.05, 0.1) is 6.42 Å². The van der Waals surface area contributed by atoms with Crippen molar-refractivity contribution in [1.29, 1.82) is 0 Å². The highest BCUT2D eigenvalue weighted by Gasteiger charge is 2.23. The smallest absolute Gasteiger partial charge is 0.315 e. The highest BCUT2D eigenvalue weighted by Crippen LogP contribution is 2.30. The van der Waals surface area contributed by atoms with E-state index < -0.39 is 0 Å². The maximum Gasteiger partial charge on any atom is 0.315 e. The molecule has 27 heavy (non-hydrogen) atoms. The van der Waals surface area contributed by atoms with E-state index in [1.165, 1.54) is 5.69 Å². The Balaban J connectivity index is 1.27. The Morgan fingerprint density at radius 1 is 1.11 bits per heavy atom. The molecule has 2 aromatic carbocycles. The normalized spacial score (nSPS) is 16.9. The van der Waals surface area contributed by atoms with Gasteiger partial charge in [0.2, 0.25) is 0 Å². The van der Waals surface area contributed by atoms with Crippen LogP contribution in [-0.2, 0) is 11.2 Å². The number of ether oxygens (including phenoxy) is 1. The minimum absolute atomic E-state index is 0.126. The number of fused-ring (bicyclic) bond motifs is 1. The quantitative estimate of drug-likeness (QED) is 0.427. The molecule has 0 atom stereocenters. The van der Waals surface area contributed by atoms with Gasteiger partial charge in [0.1, 0.15) is 5.75 Å². The van der Waals surface area contributed by atoms with Gasteiger partial charge in [-0.25, -0.2) is 0 Å². The maximum absolute atomic E-state index is 12.5. The molecule has 0 aliphatic carbocycles. The molecule has 1 saturated heterocycles. The lowest BCUT2D eigenvalue weighted by atomic mass is 9.90. The second-order valence-corrected chi connectivity index (χ2v) is 7.78. The first-order valence-electron chi connectivity index (χ1n) is 9.46. The van der Waals surface area contributed by atoms with E-state index in [4.69, 9.17) is 16.3 Å². The van der Waals surface area contributed by atoms with E-state index in [2.05, 4.69) is 17.0 Å². The Kier molecular flexibility index (Phi) is 5.17. The van der Waals surface area contributed by atoms with Crippen LogP contribution < -0.4 is 9.64 Å². The van der Waals surface area contributed by atoms with Gasteiger partial charge >= 0.3 is 5.97 Å². The number of hydrogen-bond donors (Lipinski definition) is 0. The predicted molar refractivity (Wildman–Crippen MR) is 106 cm³/mol. The van der Waals surface area contributed by atoms with Gasteiger partial charge in [0.15, 0.2) is 5.78 Å². The first-order valence-corrected chi connectivity index (χ1v) is 9.83. The Morgan fingerprint density at radius 2 is 1.85 bits per heavy atom. The van der Waals surface area contributed by atoms with Gasteiger partial charge in [-0.1, -0.05) is 23.7 Å². The van der Waals surface area contributed by atoms with Crippen LogP contribution in [0, 0.1) is 5.92 Å². The number of hydrogen-bond acceptors (Lipinski definition) is 4. The molecule has 2 aliphatic heterocycles. The zero-order valence-electron chi connectivity index (χ0n) is 15.1. The summed E-state index contributed by atoms with van der Waals surface area (Å²) in [5.74, 6) is 0.995. The number of carbonyl (C=O) groups excluding carboxylic acids is 2. The van der Waals surface area contributed by atoms with E-state index in [-0.39, 0.29) is 11.8 Å². The van der Waals surface area contributed by atoms with E-state index in [0.29, 0.717) is 30.1 Å². The number of Topliss-reactive ketones (excluding diaryl/α,β-unsaturated/α-hetero) is 1. The number of ketones is 1. The summed E-state index contributed by atoms with van der Waals surface area (Å²) in [4.78, 5) is 26.2. The van der Waals surface area contributed by atoms with Crippen LogP contribution in [0.4, 0.5) is 5.69 Å². The number of piperidine rings is 1. The van der Waals surface area contributed by atoms with E-state index in [0.717, 1.165) is 42.9 Å². The molecule has 1 fully saturated rings. The second-order valence-electron chi connectivity index (χ2n) is 7.34. The molecule has 0 amide bonds. The minimum atomic E-state index is -0.248. The molecule has 0 bridgehead atoms. The molecule has 0 N–H and O–H groups in total. The van der Waals surface area contributed by atoms with Gasteiger partial charge in [-0.05, 0) is 55.5 Å². The molecule has 0 spiro atoms. The van der Waals surface area contributed by atoms with Crippen molar-refractivity contribution in [3.8, 4) is 5.75 Å². The van der Waals surface area contributed by atoms with Crippen LogP contribution in [0.15, 0.2) is 42.5 Å². The van der Waals surface area contributed by atoms with Gasteiger partial charge in [-0.2, -0.15) is 0 Å². The van der Waals surface area contributed by atoms with Crippen molar-refractivity contribution >= 4 is 29.0 Å². The van der Waals surface area contributed by atoms with Crippen molar-refractivity contribution in [2.75, 3.05) is 18.0 Å². The summed E-state index contributed by atoms with van der Waals surface area (Å²) in [5, 5.41) is 0.758. The third-order valence-electron chi connectivity index (χ3n) is 5.53. The van der Waals surface area contributed by atoms with Crippen molar-refractivity contribution in [3.63, 3.8) is 0 Å². The average Bonchev–Trinajstić information content (AvgIpc) is 3.06. The average molecular weight is 384 g/mol. The fourth-order valence-electron chi connectivity index (χ4n) is 3.89. The Labute approximate surface area is 164 Å². The van der Waals surface area contributed by atoms with Crippen LogP contribution in [0.1, 0.15) is 41.6 Å². The summed E-state index contributed by atoms with van der Waals surface area (Å²) in [6, 6.07) is 13.3. The molecule has 0 radical (unpaired) electrons. The standard InChI is InChI=1S/C22H22ClNO3/c23-18-4-6-19(7-5-18)24-11-9-15(10-12-24)1-8-20(25)16-2-3-17-14-22(26)27-21(17)13-16/h2-7,13,15H,1,8-12,14H2. The predicted octanol–water partition coefficient (Wildman–Crippen LogP) is 4.68. The summed E-state index contributed by atoms with van der Waals surface area (Å²) in [6.45, 7) is 2.02. The Morgan fingerprint density at radius 3 is 2.59 bits per heavy atom. The molecular weight excluding hydrogens is 362 g/mol. The molecule has 140 valence electrons. The third-order valence-corrected chi connectivity index (χ3v) is 5.79. The molecule has 2 aromatic rings. The van der Waals surface area contributed by atoms with E-state index in [9.17, 15) is 9.59 Å². The first-order chi connectivity index (χ1) is 13.1. The second kappa shape index (κ2) is 7.73. The van der Waals surface area contributed by atoms with Crippen LogP contribution in [0.5, 0.6) is 5.75 Å². The molecule has 0 unspecified atom stereocenters. The number of benzene rings is 2. The monoisotopic (exact) mass is 383 g/mol. The molecule has 0 aromatic heterocycles. The minimum Gasteiger partial charge on any atom is -0.426 e. The summed E-state index contributed by atoms with van der Waals surface area (Å²) < 4.78 is 5.15. The zero-order valence-corrected chi connectivity index (χ0v) is 15.9. The lowest BCUT2D eigenvalue weighted by Crippen LogP contribution is -2.33. The summed E-state index contributed by atoms with van der Waals surface area (Å²) in [5.41, 5.74) is 2.72.